The van der Waals surface area contributed by atoms with E-state index in [9.17, 15) is 14.0 Å². The van der Waals surface area contributed by atoms with Gasteiger partial charge in [-0.3, -0.25) is 9.36 Å². The van der Waals surface area contributed by atoms with Crippen LogP contribution in [-0.4, -0.2) is 10.5 Å². The van der Waals surface area contributed by atoms with Gasteiger partial charge in [-0.05, 0) is 30.3 Å². The molecule has 118 valence electrons. The Morgan fingerprint density at radius 2 is 2.09 bits per heavy atom. The number of carbonyl (C=O) groups is 1. The number of hydrogen-bond acceptors (Lipinski definition) is 3. The van der Waals surface area contributed by atoms with E-state index < -0.39 is 11.6 Å². The minimum absolute atomic E-state index is 0.0493. The van der Waals surface area contributed by atoms with Gasteiger partial charge in [0, 0.05) is 29.7 Å². The molecule has 0 atom stereocenters. The Morgan fingerprint density at radius 1 is 1.26 bits per heavy atom. The van der Waals surface area contributed by atoms with Crippen LogP contribution in [0.15, 0.2) is 51.7 Å². The maximum Gasteiger partial charge on any atom is 0.419 e. The second-order valence-electron chi connectivity index (χ2n) is 4.94. The van der Waals surface area contributed by atoms with Gasteiger partial charge >= 0.3 is 5.76 Å². The van der Waals surface area contributed by atoms with E-state index in [-0.39, 0.29) is 18.9 Å². The summed E-state index contributed by atoms with van der Waals surface area (Å²) in [5, 5.41) is 3.04. The normalized spacial score (nSPS) is 10.9. The number of fused-ring (bicyclic) bond motifs is 1. The number of nitrogens with zero attached hydrogens (tertiary/aromatic N) is 1. The number of amides is 1. The number of nitrogens with one attached hydrogen (secondary N) is 1. The summed E-state index contributed by atoms with van der Waals surface area (Å²) in [4.78, 5) is 23.8. The third kappa shape index (κ3) is 3.43. The van der Waals surface area contributed by atoms with Crippen LogP contribution in [-0.2, 0) is 11.3 Å². The molecule has 1 amide bonds. The van der Waals surface area contributed by atoms with Crippen molar-refractivity contribution in [2.75, 3.05) is 5.32 Å². The van der Waals surface area contributed by atoms with Gasteiger partial charge in [-0.2, -0.15) is 0 Å². The van der Waals surface area contributed by atoms with Crippen molar-refractivity contribution in [3.63, 3.8) is 0 Å². The van der Waals surface area contributed by atoms with Crippen molar-refractivity contribution in [3.05, 3.63) is 63.9 Å². The second-order valence-corrected chi connectivity index (χ2v) is 5.38. The molecular formula is C16H12ClFN2O3. The molecule has 1 heterocycles. The highest BCUT2D eigenvalue weighted by molar-refractivity contribution is 6.31. The molecule has 5 nitrogen and oxygen atoms in total. The minimum atomic E-state index is -0.555. The van der Waals surface area contributed by atoms with Crippen molar-refractivity contribution < 1.29 is 13.6 Å². The third-order valence-electron chi connectivity index (χ3n) is 3.30. The first-order chi connectivity index (χ1) is 11.0. The molecule has 7 heteroatoms. The molecule has 0 aliphatic rings. The van der Waals surface area contributed by atoms with Crippen LogP contribution in [0.25, 0.3) is 11.1 Å². The van der Waals surface area contributed by atoms with Crippen LogP contribution in [0.2, 0.25) is 5.02 Å². The Balaban J connectivity index is 1.72. The van der Waals surface area contributed by atoms with Crippen molar-refractivity contribution >= 4 is 34.3 Å². The maximum absolute atomic E-state index is 13.1. The summed E-state index contributed by atoms with van der Waals surface area (Å²) in [6.07, 6.45) is 0.0493. The fourth-order valence-corrected chi connectivity index (χ4v) is 2.42. The quantitative estimate of drug-likeness (QED) is 0.795. The van der Waals surface area contributed by atoms with E-state index in [1.54, 1.807) is 24.3 Å². The molecule has 0 saturated heterocycles. The Kier molecular flexibility index (Phi) is 4.16. The smallest absolute Gasteiger partial charge is 0.408 e. The largest absolute Gasteiger partial charge is 0.419 e. The second kappa shape index (κ2) is 6.26. The Hall–Kier alpha value is -2.60. The molecular weight excluding hydrogens is 323 g/mol. The van der Waals surface area contributed by atoms with E-state index in [0.29, 0.717) is 21.8 Å². The molecule has 0 aliphatic carbocycles. The zero-order chi connectivity index (χ0) is 16.4. The van der Waals surface area contributed by atoms with Crippen LogP contribution >= 0.6 is 11.6 Å². The fourth-order valence-electron chi connectivity index (χ4n) is 2.26. The standard InChI is InChI=1S/C16H12ClFN2O3/c17-10-4-5-13-14(8-10)23-16(22)20(13)7-6-15(21)19-12-3-1-2-11(18)9-12/h1-5,8-9H,6-7H2,(H,19,21). The highest BCUT2D eigenvalue weighted by Gasteiger charge is 2.11. The SMILES string of the molecule is O=C(CCn1c(=O)oc2cc(Cl)ccc21)Nc1cccc(F)c1. The molecule has 0 bridgehead atoms. The minimum Gasteiger partial charge on any atom is -0.408 e. The average Bonchev–Trinajstić information content (AvgIpc) is 2.79. The van der Waals surface area contributed by atoms with Crippen LogP contribution in [0.1, 0.15) is 6.42 Å². The molecule has 1 N–H and O–H groups in total. The highest BCUT2D eigenvalue weighted by atomic mass is 35.5. The molecule has 0 saturated carbocycles. The lowest BCUT2D eigenvalue weighted by atomic mass is 10.3. The predicted octanol–water partition coefficient (Wildman–Crippen LogP) is 3.42. The number of halogens is 2. The number of carbonyl (C=O) groups excluding carboxylic acids is 1. The van der Waals surface area contributed by atoms with E-state index >= 15 is 0 Å². The molecule has 0 spiro atoms. The first kappa shape index (κ1) is 15.3. The topological polar surface area (TPSA) is 64.2 Å². The summed E-state index contributed by atoms with van der Waals surface area (Å²) in [6.45, 7) is 0.147. The van der Waals surface area contributed by atoms with Crippen molar-refractivity contribution in [2.45, 2.75) is 13.0 Å². The maximum atomic E-state index is 13.1. The molecule has 0 fully saturated rings. The lowest BCUT2D eigenvalue weighted by molar-refractivity contribution is -0.116. The molecule has 0 unspecified atom stereocenters. The van der Waals surface area contributed by atoms with Crippen LogP contribution in [0.3, 0.4) is 0 Å². The Bertz CT molecular complexity index is 932. The predicted molar refractivity (Wildman–Crippen MR) is 85.1 cm³/mol. The molecule has 23 heavy (non-hydrogen) atoms. The van der Waals surface area contributed by atoms with Gasteiger partial charge in [-0.15, -0.1) is 0 Å². The van der Waals surface area contributed by atoms with Gasteiger partial charge in [0.05, 0.1) is 5.52 Å². The third-order valence-corrected chi connectivity index (χ3v) is 3.54. The molecule has 0 aliphatic heterocycles. The van der Waals surface area contributed by atoms with Crippen LogP contribution < -0.4 is 11.1 Å². The van der Waals surface area contributed by atoms with Gasteiger partial charge in [-0.25, -0.2) is 9.18 Å². The summed E-state index contributed by atoms with van der Waals surface area (Å²) in [5.41, 5.74) is 1.30. The van der Waals surface area contributed by atoms with Crippen LogP contribution in [0.5, 0.6) is 0 Å². The number of benzene rings is 2. The van der Waals surface area contributed by atoms with Gasteiger partial charge in [0.2, 0.25) is 5.91 Å². The van der Waals surface area contributed by atoms with E-state index in [4.69, 9.17) is 16.0 Å². The number of aromatic nitrogens is 1. The van der Waals surface area contributed by atoms with E-state index in [1.807, 2.05) is 0 Å². The monoisotopic (exact) mass is 334 g/mol. The number of rotatable bonds is 4. The summed E-state index contributed by atoms with van der Waals surface area (Å²) in [5.74, 6) is -1.32. The zero-order valence-corrected chi connectivity index (χ0v) is 12.6. The Labute approximate surface area is 135 Å². The average molecular weight is 335 g/mol. The lowest BCUT2D eigenvalue weighted by Gasteiger charge is -2.05. The number of anilines is 1. The summed E-state index contributed by atoms with van der Waals surface area (Å²) >= 11 is 5.84. The van der Waals surface area contributed by atoms with Gasteiger partial charge in [0.15, 0.2) is 5.58 Å². The van der Waals surface area contributed by atoms with Crippen molar-refractivity contribution in [1.29, 1.82) is 0 Å². The number of aryl methyl sites for hydroxylation is 1. The lowest BCUT2D eigenvalue weighted by Crippen LogP contribution is -2.19. The van der Waals surface area contributed by atoms with E-state index in [1.165, 1.54) is 22.8 Å². The van der Waals surface area contributed by atoms with Crippen molar-refractivity contribution in [2.24, 2.45) is 0 Å². The zero-order valence-electron chi connectivity index (χ0n) is 11.9. The van der Waals surface area contributed by atoms with Gasteiger partial charge in [-0.1, -0.05) is 17.7 Å². The van der Waals surface area contributed by atoms with Crippen LogP contribution in [0, 0.1) is 5.82 Å². The molecule has 1 aromatic heterocycles. The fraction of sp³-hybridized carbons (Fsp3) is 0.125. The van der Waals surface area contributed by atoms with Crippen molar-refractivity contribution in [1.82, 2.24) is 4.57 Å². The Morgan fingerprint density at radius 3 is 2.87 bits per heavy atom. The summed E-state index contributed by atoms with van der Waals surface area (Å²) in [7, 11) is 0. The summed E-state index contributed by atoms with van der Waals surface area (Å²) in [6, 6.07) is 10.4. The first-order valence-corrected chi connectivity index (χ1v) is 7.25. The van der Waals surface area contributed by atoms with Gasteiger partial charge in [0.1, 0.15) is 5.82 Å². The van der Waals surface area contributed by atoms with Crippen LogP contribution in [0.4, 0.5) is 10.1 Å². The molecule has 3 rings (SSSR count). The number of hydrogen-bond donors (Lipinski definition) is 1. The van der Waals surface area contributed by atoms with E-state index in [2.05, 4.69) is 5.32 Å². The molecule has 2 aromatic carbocycles. The van der Waals surface area contributed by atoms with Crippen molar-refractivity contribution in [3.8, 4) is 0 Å². The molecule has 3 aromatic rings. The summed E-state index contributed by atoms with van der Waals surface area (Å²) < 4.78 is 19.5. The number of oxazole rings is 1. The highest BCUT2D eigenvalue weighted by Crippen LogP contribution is 2.18. The molecule has 0 radical (unpaired) electrons. The van der Waals surface area contributed by atoms with E-state index in [0.717, 1.165) is 0 Å². The van der Waals surface area contributed by atoms with Gasteiger partial charge in [0.25, 0.3) is 0 Å². The van der Waals surface area contributed by atoms with Gasteiger partial charge < -0.3 is 9.73 Å². The first-order valence-electron chi connectivity index (χ1n) is 6.87.